The number of rotatable bonds is 13. The minimum absolute atomic E-state index is 0.0206. The number of hydrogen-bond acceptors (Lipinski definition) is 3. The molecule has 0 saturated heterocycles. The average Bonchev–Trinajstić information content (AvgIpc) is 2.45. The van der Waals surface area contributed by atoms with Gasteiger partial charge in [-0.3, -0.25) is 9.59 Å². The summed E-state index contributed by atoms with van der Waals surface area (Å²) in [5, 5.41) is 2.77. The Labute approximate surface area is 130 Å². The normalized spacial score (nSPS) is 12.0. The van der Waals surface area contributed by atoms with Gasteiger partial charge in [0.05, 0.1) is 0 Å². The largest absolute Gasteiger partial charge is 0.462 e. The molecular weight excluding hydrogens is 266 g/mol. The number of carbonyl (C=O) groups excluding carboxylic acids is 2. The molecule has 21 heavy (non-hydrogen) atoms. The van der Waals surface area contributed by atoms with Gasteiger partial charge in [0.1, 0.15) is 6.10 Å². The molecule has 1 N–H and O–H groups in total. The Kier molecular flexibility index (Phi) is 13.2. The Morgan fingerprint density at radius 1 is 1.00 bits per heavy atom. The van der Waals surface area contributed by atoms with Crippen LogP contribution in [0.2, 0.25) is 0 Å². The number of amides is 1. The van der Waals surface area contributed by atoms with E-state index in [4.69, 9.17) is 4.74 Å². The quantitative estimate of drug-likeness (QED) is 0.413. The van der Waals surface area contributed by atoms with Gasteiger partial charge >= 0.3 is 5.97 Å². The Balaban J connectivity index is 3.53. The van der Waals surface area contributed by atoms with E-state index >= 15 is 0 Å². The third-order valence-electron chi connectivity index (χ3n) is 3.56. The molecule has 0 aromatic rings. The van der Waals surface area contributed by atoms with Crippen molar-refractivity contribution in [3.63, 3.8) is 0 Å². The van der Waals surface area contributed by atoms with E-state index in [0.717, 1.165) is 51.5 Å². The van der Waals surface area contributed by atoms with Crippen LogP contribution >= 0.6 is 0 Å². The Bertz CT molecular complexity index is 279. The molecule has 0 radical (unpaired) electrons. The van der Waals surface area contributed by atoms with Crippen LogP contribution in [0.3, 0.4) is 0 Å². The zero-order chi connectivity index (χ0) is 15.9. The zero-order valence-electron chi connectivity index (χ0n) is 14.1. The molecule has 0 aliphatic carbocycles. The fraction of sp³-hybridized carbons (Fsp3) is 0.882. The van der Waals surface area contributed by atoms with Crippen molar-refractivity contribution in [2.45, 2.75) is 91.1 Å². The van der Waals surface area contributed by atoms with Crippen LogP contribution in [0.25, 0.3) is 0 Å². The van der Waals surface area contributed by atoms with Crippen molar-refractivity contribution in [2.24, 2.45) is 0 Å². The maximum absolute atomic E-state index is 11.7. The van der Waals surface area contributed by atoms with Crippen LogP contribution in [0.4, 0.5) is 0 Å². The third kappa shape index (κ3) is 13.7. The van der Waals surface area contributed by atoms with Gasteiger partial charge in [-0.05, 0) is 32.1 Å². The maximum atomic E-state index is 11.7. The lowest BCUT2D eigenvalue weighted by Crippen LogP contribution is -2.20. The number of ether oxygens (including phenoxy) is 1. The van der Waals surface area contributed by atoms with E-state index in [1.807, 2.05) is 0 Å². The molecule has 1 unspecified atom stereocenters. The summed E-state index contributed by atoms with van der Waals surface area (Å²) in [7, 11) is 0. The van der Waals surface area contributed by atoms with Crippen molar-refractivity contribution in [1.29, 1.82) is 0 Å². The topological polar surface area (TPSA) is 55.4 Å². The standard InChI is InChI=1S/C17H33NO3/c1-4-6-9-12-16(5-2)21-17(20)13-10-7-8-11-14-18-15(3)19/h16H,4-14H2,1-3H3,(H,18,19). The zero-order valence-corrected chi connectivity index (χ0v) is 14.1. The van der Waals surface area contributed by atoms with E-state index in [0.29, 0.717) is 6.42 Å². The van der Waals surface area contributed by atoms with E-state index in [9.17, 15) is 9.59 Å². The second-order valence-corrected chi connectivity index (χ2v) is 5.66. The maximum Gasteiger partial charge on any atom is 0.306 e. The van der Waals surface area contributed by atoms with E-state index < -0.39 is 0 Å². The SMILES string of the molecule is CCCCCC(CC)OC(=O)CCCCCCNC(C)=O. The lowest BCUT2D eigenvalue weighted by molar-refractivity contribution is -0.149. The number of unbranched alkanes of at least 4 members (excludes halogenated alkanes) is 5. The van der Waals surface area contributed by atoms with Crippen molar-refractivity contribution in [3.8, 4) is 0 Å². The summed E-state index contributed by atoms with van der Waals surface area (Å²) in [4.78, 5) is 22.4. The van der Waals surface area contributed by atoms with Crippen molar-refractivity contribution >= 4 is 11.9 Å². The summed E-state index contributed by atoms with van der Waals surface area (Å²) in [5.41, 5.74) is 0. The molecule has 124 valence electrons. The molecule has 1 amide bonds. The van der Waals surface area contributed by atoms with Gasteiger partial charge in [0, 0.05) is 19.9 Å². The first-order valence-corrected chi connectivity index (χ1v) is 8.54. The highest BCUT2D eigenvalue weighted by Crippen LogP contribution is 2.12. The molecule has 0 bridgehead atoms. The molecule has 0 saturated carbocycles. The van der Waals surface area contributed by atoms with E-state index in [2.05, 4.69) is 19.2 Å². The predicted molar refractivity (Wildman–Crippen MR) is 86.1 cm³/mol. The van der Waals surface area contributed by atoms with Crippen LogP contribution in [-0.2, 0) is 14.3 Å². The second-order valence-electron chi connectivity index (χ2n) is 5.66. The van der Waals surface area contributed by atoms with Crippen molar-refractivity contribution < 1.29 is 14.3 Å². The molecule has 0 fully saturated rings. The minimum Gasteiger partial charge on any atom is -0.462 e. The lowest BCUT2D eigenvalue weighted by Gasteiger charge is -2.16. The Hall–Kier alpha value is -1.06. The van der Waals surface area contributed by atoms with E-state index in [1.54, 1.807) is 0 Å². The lowest BCUT2D eigenvalue weighted by atomic mass is 10.1. The van der Waals surface area contributed by atoms with Crippen LogP contribution in [0, 0.1) is 0 Å². The van der Waals surface area contributed by atoms with Gasteiger partial charge in [0.15, 0.2) is 0 Å². The summed E-state index contributed by atoms with van der Waals surface area (Å²) in [6.07, 6.45) is 9.99. The van der Waals surface area contributed by atoms with Crippen molar-refractivity contribution in [1.82, 2.24) is 5.32 Å². The second kappa shape index (κ2) is 13.9. The van der Waals surface area contributed by atoms with Crippen molar-refractivity contribution in [2.75, 3.05) is 6.54 Å². The molecule has 0 aliphatic heterocycles. The van der Waals surface area contributed by atoms with Crippen LogP contribution in [0.5, 0.6) is 0 Å². The summed E-state index contributed by atoms with van der Waals surface area (Å²) >= 11 is 0. The fourth-order valence-corrected chi connectivity index (χ4v) is 2.23. The summed E-state index contributed by atoms with van der Waals surface area (Å²) in [6, 6.07) is 0. The van der Waals surface area contributed by atoms with Gasteiger partial charge in [-0.15, -0.1) is 0 Å². The van der Waals surface area contributed by atoms with Crippen molar-refractivity contribution in [3.05, 3.63) is 0 Å². The van der Waals surface area contributed by atoms with Gasteiger partial charge < -0.3 is 10.1 Å². The molecule has 4 nitrogen and oxygen atoms in total. The third-order valence-corrected chi connectivity index (χ3v) is 3.56. The highest BCUT2D eigenvalue weighted by atomic mass is 16.5. The predicted octanol–water partition coefficient (Wildman–Crippen LogP) is 3.98. The first-order valence-electron chi connectivity index (χ1n) is 8.54. The molecule has 0 rings (SSSR count). The molecule has 0 aliphatic rings. The molecule has 4 heteroatoms. The Morgan fingerprint density at radius 2 is 1.71 bits per heavy atom. The molecule has 0 spiro atoms. The van der Waals surface area contributed by atoms with Crippen LogP contribution in [-0.4, -0.2) is 24.5 Å². The fourth-order valence-electron chi connectivity index (χ4n) is 2.23. The summed E-state index contributed by atoms with van der Waals surface area (Å²) < 4.78 is 5.51. The van der Waals surface area contributed by atoms with Crippen LogP contribution in [0.1, 0.15) is 85.0 Å². The molecule has 0 aromatic heterocycles. The highest BCUT2D eigenvalue weighted by molar-refractivity contribution is 5.72. The van der Waals surface area contributed by atoms with E-state index in [-0.39, 0.29) is 18.0 Å². The molecule has 1 atom stereocenters. The van der Waals surface area contributed by atoms with Crippen LogP contribution < -0.4 is 5.32 Å². The molecule has 0 aromatic carbocycles. The monoisotopic (exact) mass is 299 g/mol. The summed E-state index contributed by atoms with van der Waals surface area (Å²) in [5.74, 6) is -0.0348. The van der Waals surface area contributed by atoms with E-state index in [1.165, 1.54) is 19.8 Å². The van der Waals surface area contributed by atoms with Gasteiger partial charge in [-0.1, -0.05) is 39.5 Å². The van der Waals surface area contributed by atoms with Gasteiger partial charge in [0.25, 0.3) is 0 Å². The minimum atomic E-state index is -0.0554. The number of nitrogens with one attached hydrogen (secondary N) is 1. The first kappa shape index (κ1) is 19.9. The summed E-state index contributed by atoms with van der Waals surface area (Å²) in [6.45, 7) is 6.51. The highest BCUT2D eigenvalue weighted by Gasteiger charge is 2.11. The smallest absolute Gasteiger partial charge is 0.306 e. The van der Waals surface area contributed by atoms with Gasteiger partial charge in [-0.25, -0.2) is 0 Å². The first-order chi connectivity index (χ1) is 10.1. The molecular formula is C17H33NO3. The molecule has 0 heterocycles. The number of hydrogen-bond donors (Lipinski definition) is 1. The Morgan fingerprint density at radius 3 is 2.33 bits per heavy atom. The average molecular weight is 299 g/mol. The number of esters is 1. The van der Waals surface area contributed by atoms with Gasteiger partial charge in [-0.2, -0.15) is 0 Å². The number of carbonyl (C=O) groups is 2. The van der Waals surface area contributed by atoms with Crippen LogP contribution in [0.15, 0.2) is 0 Å². The van der Waals surface area contributed by atoms with Gasteiger partial charge in [0.2, 0.25) is 5.91 Å².